The van der Waals surface area contributed by atoms with Crippen LogP contribution < -0.4 is 10.1 Å². The molecule has 0 spiro atoms. The van der Waals surface area contributed by atoms with Gasteiger partial charge in [0.05, 0.1) is 7.11 Å². The highest BCUT2D eigenvalue weighted by atomic mass is 16.5. The molecule has 0 atom stereocenters. The summed E-state index contributed by atoms with van der Waals surface area (Å²) >= 11 is 0. The van der Waals surface area contributed by atoms with E-state index in [0.717, 1.165) is 48.2 Å². The average Bonchev–Trinajstić information content (AvgIpc) is 3.12. The molecule has 0 aliphatic heterocycles. The number of fused-ring (bicyclic) bond motifs is 1. The van der Waals surface area contributed by atoms with Crippen LogP contribution in [0.3, 0.4) is 0 Å². The van der Waals surface area contributed by atoms with Crippen LogP contribution >= 0.6 is 0 Å². The molecule has 0 unspecified atom stereocenters. The minimum atomic E-state index is 0.112. The molecular formula is C21H22N2O3. The minimum Gasteiger partial charge on any atom is -0.497 e. The van der Waals surface area contributed by atoms with Gasteiger partial charge in [-0.25, -0.2) is 4.98 Å². The monoisotopic (exact) mass is 350 g/mol. The number of rotatable bonds is 4. The first kappa shape index (κ1) is 16.6. The van der Waals surface area contributed by atoms with Crippen LogP contribution in [-0.2, 0) is 4.79 Å². The molecule has 0 radical (unpaired) electrons. The van der Waals surface area contributed by atoms with Crippen molar-refractivity contribution in [1.82, 2.24) is 4.98 Å². The van der Waals surface area contributed by atoms with Gasteiger partial charge in [-0.2, -0.15) is 0 Å². The smallest absolute Gasteiger partial charge is 0.227 e. The Bertz CT molecular complexity index is 926. The van der Waals surface area contributed by atoms with Crippen molar-refractivity contribution in [1.29, 1.82) is 0 Å². The summed E-state index contributed by atoms with van der Waals surface area (Å²) in [6.45, 7) is 0. The molecule has 1 aromatic heterocycles. The molecule has 5 heteroatoms. The number of hydrogen-bond acceptors (Lipinski definition) is 4. The van der Waals surface area contributed by atoms with Gasteiger partial charge in [-0.1, -0.05) is 25.3 Å². The Kier molecular flexibility index (Phi) is 4.61. The van der Waals surface area contributed by atoms with Crippen molar-refractivity contribution in [3.63, 3.8) is 0 Å². The molecule has 134 valence electrons. The molecule has 0 bridgehead atoms. The van der Waals surface area contributed by atoms with Crippen LogP contribution in [0.5, 0.6) is 5.75 Å². The van der Waals surface area contributed by atoms with Gasteiger partial charge >= 0.3 is 0 Å². The van der Waals surface area contributed by atoms with Crippen LogP contribution in [0.25, 0.3) is 22.6 Å². The summed E-state index contributed by atoms with van der Waals surface area (Å²) in [5, 5.41) is 3.03. The highest BCUT2D eigenvalue weighted by Gasteiger charge is 2.21. The van der Waals surface area contributed by atoms with Crippen molar-refractivity contribution < 1.29 is 13.9 Å². The van der Waals surface area contributed by atoms with Gasteiger partial charge in [0, 0.05) is 17.2 Å². The third-order valence-electron chi connectivity index (χ3n) is 4.95. The number of nitrogens with one attached hydrogen (secondary N) is 1. The fourth-order valence-corrected chi connectivity index (χ4v) is 3.49. The largest absolute Gasteiger partial charge is 0.497 e. The van der Waals surface area contributed by atoms with E-state index in [-0.39, 0.29) is 11.8 Å². The summed E-state index contributed by atoms with van der Waals surface area (Å²) in [4.78, 5) is 17.0. The van der Waals surface area contributed by atoms with E-state index >= 15 is 0 Å². The number of methoxy groups -OCH3 is 1. The number of aromatic nitrogens is 1. The number of hydrogen-bond donors (Lipinski definition) is 1. The summed E-state index contributed by atoms with van der Waals surface area (Å²) in [7, 11) is 1.63. The Morgan fingerprint density at radius 2 is 2.00 bits per heavy atom. The number of ether oxygens (including phenoxy) is 1. The molecule has 1 aliphatic rings. The number of nitrogens with zero attached hydrogens (tertiary/aromatic N) is 1. The molecule has 0 saturated heterocycles. The molecule has 1 N–H and O–H groups in total. The van der Waals surface area contributed by atoms with E-state index in [1.807, 2.05) is 42.5 Å². The number of amides is 1. The summed E-state index contributed by atoms with van der Waals surface area (Å²) < 4.78 is 11.1. The average molecular weight is 350 g/mol. The van der Waals surface area contributed by atoms with Crippen LogP contribution in [-0.4, -0.2) is 18.0 Å². The number of anilines is 1. The van der Waals surface area contributed by atoms with Gasteiger partial charge in [0.1, 0.15) is 11.3 Å². The fraction of sp³-hybridized carbons (Fsp3) is 0.333. The highest BCUT2D eigenvalue weighted by molar-refractivity contribution is 5.94. The topological polar surface area (TPSA) is 64.4 Å². The standard InChI is InChI=1S/C21H22N2O3/c1-25-17-9-5-8-15(12-17)21-23-18-13-16(10-11-19(18)26-21)22-20(24)14-6-3-2-4-7-14/h5,8-14H,2-4,6-7H2,1H3,(H,22,24). The van der Waals surface area contributed by atoms with Crippen LogP contribution in [0.4, 0.5) is 5.69 Å². The molecular weight excluding hydrogens is 328 g/mol. The molecule has 1 aliphatic carbocycles. The lowest BCUT2D eigenvalue weighted by atomic mass is 9.88. The van der Waals surface area contributed by atoms with Crippen LogP contribution in [0.2, 0.25) is 0 Å². The first-order valence-corrected chi connectivity index (χ1v) is 9.09. The quantitative estimate of drug-likeness (QED) is 0.717. The van der Waals surface area contributed by atoms with Crippen molar-refractivity contribution in [2.45, 2.75) is 32.1 Å². The highest BCUT2D eigenvalue weighted by Crippen LogP contribution is 2.29. The zero-order valence-corrected chi connectivity index (χ0v) is 14.8. The van der Waals surface area contributed by atoms with E-state index in [9.17, 15) is 4.79 Å². The predicted octanol–water partition coefficient (Wildman–Crippen LogP) is 5.02. The van der Waals surface area contributed by atoms with Gasteiger partial charge in [-0.15, -0.1) is 0 Å². The second-order valence-corrected chi connectivity index (χ2v) is 6.76. The van der Waals surface area contributed by atoms with E-state index in [2.05, 4.69) is 10.3 Å². The maximum absolute atomic E-state index is 12.4. The minimum absolute atomic E-state index is 0.112. The first-order chi connectivity index (χ1) is 12.7. The molecule has 1 heterocycles. The third kappa shape index (κ3) is 3.43. The molecule has 2 aromatic carbocycles. The van der Waals surface area contributed by atoms with Crippen molar-refractivity contribution in [2.24, 2.45) is 5.92 Å². The lowest BCUT2D eigenvalue weighted by Crippen LogP contribution is -2.24. The van der Waals surface area contributed by atoms with E-state index in [1.54, 1.807) is 7.11 Å². The Morgan fingerprint density at radius 1 is 1.15 bits per heavy atom. The second-order valence-electron chi connectivity index (χ2n) is 6.76. The van der Waals surface area contributed by atoms with E-state index in [4.69, 9.17) is 9.15 Å². The molecule has 4 rings (SSSR count). The van der Waals surface area contributed by atoms with Crippen LogP contribution in [0.1, 0.15) is 32.1 Å². The van der Waals surface area contributed by atoms with Gasteiger partial charge in [0.15, 0.2) is 5.58 Å². The van der Waals surface area contributed by atoms with Crippen LogP contribution in [0, 0.1) is 5.92 Å². The van der Waals surface area contributed by atoms with Gasteiger partial charge in [-0.05, 0) is 49.2 Å². The number of oxazole rings is 1. The molecule has 5 nitrogen and oxygen atoms in total. The van der Waals surface area contributed by atoms with Crippen molar-refractivity contribution in [3.05, 3.63) is 42.5 Å². The Hall–Kier alpha value is -2.82. The van der Waals surface area contributed by atoms with Crippen molar-refractivity contribution in [3.8, 4) is 17.2 Å². The Morgan fingerprint density at radius 3 is 2.81 bits per heavy atom. The molecule has 1 fully saturated rings. The van der Waals surface area contributed by atoms with Crippen molar-refractivity contribution >= 4 is 22.7 Å². The SMILES string of the molecule is COc1cccc(-c2nc3cc(NC(=O)C4CCCCC4)ccc3o2)c1. The fourth-order valence-electron chi connectivity index (χ4n) is 3.49. The summed E-state index contributed by atoms with van der Waals surface area (Å²) in [6.07, 6.45) is 5.49. The van der Waals surface area contributed by atoms with Gasteiger partial charge in [0.2, 0.25) is 11.8 Å². The van der Waals surface area contributed by atoms with Crippen LogP contribution in [0.15, 0.2) is 46.9 Å². The zero-order valence-electron chi connectivity index (χ0n) is 14.8. The molecule has 26 heavy (non-hydrogen) atoms. The summed E-state index contributed by atoms with van der Waals surface area (Å²) in [5.41, 5.74) is 3.04. The molecule has 1 amide bonds. The number of carbonyl (C=O) groups is 1. The summed E-state index contributed by atoms with van der Waals surface area (Å²) in [6, 6.07) is 13.2. The van der Waals surface area contributed by atoms with E-state index < -0.39 is 0 Å². The van der Waals surface area contributed by atoms with E-state index in [1.165, 1.54) is 6.42 Å². The normalized spacial score (nSPS) is 15.1. The van der Waals surface area contributed by atoms with E-state index in [0.29, 0.717) is 11.5 Å². The summed E-state index contributed by atoms with van der Waals surface area (Å²) in [5.74, 6) is 1.53. The van der Waals surface area contributed by atoms with Crippen molar-refractivity contribution in [2.75, 3.05) is 12.4 Å². The first-order valence-electron chi connectivity index (χ1n) is 9.09. The number of carbonyl (C=O) groups excluding carboxylic acids is 1. The zero-order chi connectivity index (χ0) is 17.9. The Labute approximate surface area is 152 Å². The lowest BCUT2D eigenvalue weighted by Gasteiger charge is -2.20. The maximum Gasteiger partial charge on any atom is 0.227 e. The third-order valence-corrected chi connectivity index (χ3v) is 4.95. The second kappa shape index (κ2) is 7.20. The van der Waals surface area contributed by atoms with Gasteiger partial charge in [-0.3, -0.25) is 4.79 Å². The molecule has 3 aromatic rings. The number of benzene rings is 2. The Balaban J connectivity index is 1.56. The lowest BCUT2D eigenvalue weighted by molar-refractivity contribution is -0.120. The van der Waals surface area contributed by atoms with Gasteiger partial charge < -0.3 is 14.5 Å². The predicted molar refractivity (Wildman–Crippen MR) is 101 cm³/mol. The maximum atomic E-state index is 12.4. The molecule has 1 saturated carbocycles. The van der Waals surface area contributed by atoms with Gasteiger partial charge in [0.25, 0.3) is 0 Å².